The molecule has 7 heteroatoms. The number of anilines is 1. The van der Waals surface area contributed by atoms with Crippen LogP contribution in [0.15, 0.2) is 42.5 Å². The van der Waals surface area contributed by atoms with Gasteiger partial charge in [-0.1, -0.05) is 23.8 Å². The highest BCUT2D eigenvalue weighted by atomic mass is 32.2. The third-order valence-corrected chi connectivity index (χ3v) is 4.72. The van der Waals surface area contributed by atoms with Gasteiger partial charge in [0.2, 0.25) is 5.91 Å². The van der Waals surface area contributed by atoms with Crippen molar-refractivity contribution in [2.75, 3.05) is 24.8 Å². The van der Waals surface area contributed by atoms with Gasteiger partial charge in [0.25, 0.3) is 0 Å². The molecule has 2 aromatic carbocycles. The number of benzene rings is 2. The van der Waals surface area contributed by atoms with Gasteiger partial charge in [-0.3, -0.25) is 14.9 Å². The molecule has 0 fully saturated rings. The Balaban J connectivity index is 1.93. The first-order valence-corrected chi connectivity index (χ1v) is 8.80. The molecular weight excluding hydrogens is 340 g/mol. The van der Waals surface area contributed by atoms with E-state index in [-0.39, 0.29) is 17.3 Å². The predicted octanol–water partition coefficient (Wildman–Crippen LogP) is 3.81. The lowest BCUT2D eigenvalue weighted by Gasteiger charge is -2.17. The van der Waals surface area contributed by atoms with Gasteiger partial charge in [0.05, 0.1) is 17.8 Å². The normalized spacial score (nSPS) is 10.4. The summed E-state index contributed by atoms with van der Waals surface area (Å²) >= 11 is 1.42. The molecule has 6 nitrogen and oxygen atoms in total. The highest BCUT2D eigenvalue weighted by Gasteiger charge is 2.16. The standard InChI is InChI=1S/C18H20N2O4S/c1-13-4-7-15(8-5-13)19(2)18(21)12-25-11-14-6-9-17(24-3)16(10-14)20(22)23/h4-10H,11-12H2,1-3H3. The summed E-state index contributed by atoms with van der Waals surface area (Å²) in [7, 11) is 3.14. The maximum Gasteiger partial charge on any atom is 0.311 e. The summed E-state index contributed by atoms with van der Waals surface area (Å²) in [4.78, 5) is 24.5. The van der Waals surface area contributed by atoms with Crippen LogP contribution < -0.4 is 9.64 Å². The van der Waals surface area contributed by atoms with Crippen molar-refractivity contribution in [3.05, 3.63) is 63.7 Å². The lowest BCUT2D eigenvalue weighted by molar-refractivity contribution is -0.385. The molecule has 0 aromatic heterocycles. The summed E-state index contributed by atoms with van der Waals surface area (Å²) in [6.45, 7) is 2.00. The summed E-state index contributed by atoms with van der Waals surface area (Å²) in [5, 5.41) is 11.0. The van der Waals surface area contributed by atoms with E-state index in [9.17, 15) is 14.9 Å². The second kappa shape index (κ2) is 8.53. The van der Waals surface area contributed by atoms with Crippen molar-refractivity contribution in [2.24, 2.45) is 0 Å². The third kappa shape index (κ3) is 4.96. The fraction of sp³-hybridized carbons (Fsp3) is 0.278. The van der Waals surface area contributed by atoms with E-state index in [1.807, 2.05) is 31.2 Å². The summed E-state index contributed by atoms with van der Waals surface area (Å²) in [5.41, 5.74) is 2.70. The van der Waals surface area contributed by atoms with E-state index < -0.39 is 4.92 Å². The van der Waals surface area contributed by atoms with Crippen LogP contribution in [0.3, 0.4) is 0 Å². The zero-order valence-corrected chi connectivity index (χ0v) is 15.2. The monoisotopic (exact) mass is 360 g/mol. The van der Waals surface area contributed by atoms with Crippen molar-refractivity contribution in [1.29, 1.82) is 0 Å². The average molecular weight is 360 g/mol. The number of hydrogen-bond donors (Lipinski definition) is 0. The number of rotatable bonds is 7. The molecule has 1 amide bonds. The highest BCUT2D eigenvalue weighted by molar-refractivity contribution is 7.99. The molecule has 0 bridgehead atoms. The zero-order chi connectivity index (χ0) is 18.4. The Morgan fingerprint density at radius 1 is 1.24 bits per heavy atom. The van der Waals surface area contributed by atoms with Crippen LogP contribution >= 0.6 is 11.8 Å². The number of methoxy groups -OCH3 is 1. The van der Waals surface area contributed by atoms with E-state index in [4.69, 9.17) is 4.74 Å². The Bertz CT molecular complexity index is 762. The second-order valence-electron chi connectivity index (χ2n) is 5.54. The summed E-state index contributed by atoms with van der Waals surface area (Å²) in [6.07, 6.45) is 0. The molecule has 0 saturated carbocycles. The molecule has 0 spiro atoms. The van der Waals surface area contributed by atoms with Gasteiger partial charge in [-0.25, -0.2) is 0 Å². The van der Waals surface area contributed by atoms with Crippen LogP contribution in [-0.2, 0) is 10.5 Å². The van der Waals surface area contributed by atoms with Crippen molar-refractivity contribution in [3.8, 4) is 5.75 Å². The molecule has 2 rings (SSSR count). The molecule has 25 heavy (non-hydrogen) atoms. The third-order valence-electron chi connectivity index (χ3n) is 3.73. The Hall–Kier alpha value is -2.54. The molecular formula is C18H20N2O4S. The number of thioether (sulfide) groups is 1. The Kier molecular flexibility index (Phi) is 6.41. The number of nitrogens with zero attached hydrogens (tertiary/aromatic N) is 2. The molecule has 0 aliphatic carbocycles. The van der Waals surface area contributed by atoms with E-state index in [1.54, 1.807) is 24.1 Å². The molecule has 0 unspecified atom stereocenters. The van der Waals surface area contributed by atoms with Crippen molar-refractivity contribution in [1.82, 2.24) is 0 Å². The van der Waals surface area contributed by atoms with Gasteiger partial charge in [-0.05, 0) is 30.7 Å². The van der Waals surface area contributed by atoms with Crippen LogP contribution in [-0.4, -0.2) is 30.7 Å². The molecule has 2 aromatic rings. The first-order chi connectivity index (χ1) is 11.9. The highest BCUT2D eigenvalue weighted by Crippen LogP contribution is 2.29. The van der Waals surface area contributed by atoms with Crippen LogP contribution in [0.25, 0.3) is 0 Å². The lowest BCUT2D eigenvalue weighted by Crippen LogP contribution is -2.27. The molecule has 0 atom stereocenters. The Morgan fingerprint density at radius 3 is 2.52 bits per heavy atom. The fourth-order valence-electron chi connectivity index (χ4n) is 2.23. The molecule has 0 aliphatic heterocycles. The molecule has 132 valence electrons. The first-order valence-electron chi connectivity index (χ1n) is 7.64. The SMILES string of the molecule is COc1ccc(CSCC(=O)N(C)c2ccc(C)cc2)cc1[N+](=O)[O-]. The van der Waals surface area contributed by atoms with Crippen LogP contribution in [0.1, 0.15) is 11.1 Å². The molecule has 0 aliphatic rings. The number of aryl methyl sites for hydroxylation is 1. The van der Waals surface area contributed by atoms with E-state index in [0.29, 0.717) is 11.5 Å². The molecule has 0 N–H and O–H groups in total. The first kappa shape index (κ1) is 18.8. The molecule has 0 heterocycles. The Labute approximate surface area is 150 Å². The predicted molar refractivity (Wildman–Crippen MR) is 100 cm³/mol. The van der Waals surface area contributed by atoms with Gasteiger partial charge in [0.1, 0.15) is 0 Å². The zero-order valence-electron chi connectivity index (χ0n) is 14.4. The van der Waals surface area contributed by atoms with Gasteiger partial charge in [-0.2, -0.15) is 0 Å². The van der Waals surface area contributed by atoms with Crippen LogP contribution in [0.2, 0.25) is 0 Å². The minimum Gasteiger partial charge on any atom is -0.490 e. The van der Waals surface area contributed by atoms with Crippen molar-refractivity contribution >= 4 is 29.0 Å². The van der Waals surface area contributed by atoms with Gasteiger partial charge in [0.15, 0.2) is 5.75 Å². The van der Waals surface area contributed by atoms with Crippen molar-refractivity contribution in [3.63, 3.8) is 0 Å². The van der Waals surface area contributed by atoms with Crippen molar-refractivity contribution in [2.45, 2.75) is 12.7 Å². The Morgan fingerprint density at radius 2 is 1.92 bits per heavy atom. The largest absolute Gasteiger partial charge is 0.490 e. The maximum atomic E-state index is 12.3. The smallest absolute Gasteiger partial charge is 0.311 e. The van der Waals surface area contributed by atoms with E-state index >= 15 is 0 Å². The second-order valence-corrected chi connectivity index (χ2v) is 6.53. The van der Waals surface area contributed by atoms with E-state index in [0.717, 1.165) is 16.8 Å². The maximum absolute atomic E-state index is 12.3. The number of hydrogen-bond acceptors (Lipinski definition) is 5. The molecule has 0 radical (unpaired) electrons. The fourth-order valence-corrected chi connectivity index (χ4v) is 3.12. The molecule has 0 saturated heterocycles. The average Bonchev–Trinajstić information content (AvgIpc) is 2.61. The number of ether oxygens (including phenoxy) is 1. The number of carbonyl (C=O) groups excluding carboxylic acids is 1. The summed E-state index contributed by atoms with van der Waals surface area (Å²) < 4.78 is 4.98. The lowest BCUT2D eigenvalue weighted by atomic mass is 10.2. The topological polar surface area (TPSA) is 72.7 Å². The van der Waals surface area contributed by atoms with Crippen LogP contribution in [0.4, 0.5) is 11.4 Å². The van der Waals surface area contributed by atoms with E-state index in [2.05, 4.69) is 0 Å². The summed E-state index contributed by atoms with van der Waals surface area (Å²) in [6, 6.07) is 12.6. The quantitative estimate of drug-likeness (QED) is 0.554. The van der Waals surface area contributed by atoms with Gasteiger partial charge in [0, 0.05) is 24.6 Å². The number of amides is 1. The number of carbonyl (C=O) groups is 1. The van der Waals surface area contributed by atoms with Crippen LogP contribution in [0.5, 0.6) is 5.75 Å². The van der Waals surface area contributed by atoms with Crippen molar-refractivity contribution < 1.29 is 14.5 Å². The number of nitro groups is 1. The van der Waals surface area contributed by atoms with E-state index in [1.165, 1.54) is 24.9 Å². The van der Waals surface area contributed by atoms with Crippen LogP contribution in [0, 0.1) is 17.0 Å². The van der Waals surface area contributed by atoms with Gasteiger partial charge < -0.3 is 9.64 Å². The minimum absolute atomic E-state index is 0.0168. The van der Waals surface area contributed by atoms with Gasteiger partial charge in [-0.15, -0.1) is 11.8 Å². The summed E-state index contributed by atoms with van der Waals surface area (Å²) in [5.74, 6) is 1.02. The number of nitro benzene ring substituents is 1. The van der Waals surface area contributed by atoms with Gasteiger partial charge >= 0.3 is 5.69 Å². The minimum atomic E-state index is -0.469.